The molecule has 0 radical (unpaired) electrons. The van der Waals surface area contributed by atoms with Crippen LogP contribution in [0.25, 0.3) is 0 Å². The van der Waals surface area contributed by atoms with Gasteiger partial charge in [-0.05, 0) is 25.2 Å². The van der Waals surface area contributed by atoms with Gasteiger partial charge in [0.1, 0.15) is 0 Å². The predicted octanol–water partition coefficient (Wildman–Crippen LogP) is 5.33. The van der Waals surface area contributed by atoms with E-state index in [2.05, 4.69) is 27.7 Å². The smallest absolute Gasteiger partial charge is 0.0892 e. The molecule has 0 aromatic heterocycles. The maximum absolute atomic E-state index is 5.77. The van der Waals surface area contributed by atoms with Gasteiger partial charge in [-0.3, -0.25) is 0 Å². The van der Waals surface area contributed by atoms with Crippen LogP contribution in [0, 0.1) is 5.41 Å². The van der Waals surface area contributed by atoms with Crippen molar-refractivity contribution in [3.63, 3.8) is 0 Å². The third kappa shape index (κ3) is 4.99. The predicted molar refractivity (Wildman–Crippen MR) is 75.3 cm³/mol. The molecule has 3 atom stereocenters. The van der Waals surface area contributed by atoms with E-state index in [0.717, 1.165) is 0 Å². The van der Waals surface area contributed by atoms with E-state index in [0.29, 0.717) is 17.6 Å². The first-order valence-corrected chi connectivity index (χ1v) is 7.79. The van der Waals surface area contributed by atoms with Gasteiger partial charge in [0.05, 0.1) is 12.2 Å². The molecule has 1 heteroatoms. The number of rotatable bonds is 10. The van der Waals surface area contributed by atoms with Gasteiger partial charge >= 0.3 is 0 Å². The second-order valence-corrected chi connectivity index (χ2v) is 6.18. The summed E-state index contributed by atoms with van der Waals surface area (Å²) in [7, 11) is 0. The standard InChI is InChI=1S/C16H32O/c1-5-7-9-11-13-16(4,12-10-8-6-2)15-14(3)17-15/h14-15H,5-13H2,1-4H3. The first-order chi connectivity index (χ1) is 8.14. The van der Waals surface area contributed by atoms with Gasteiger partial charge in [-0.15, -0.1) is 0 Å². The Morgan fingerprint density at radius 3 is 1.82 bits per heavy atom. The van der Waals surface area contributed by atoms with Crippen LogP contribution in [0.3, 0.4) is 0 Å². The summed E-state index contributed by atoms with van der Waals surface area (Å²) < 4.78 is 5.77. The zero-order chi connectivity index (χ0) is 12.7. The number of ether oxygens (including phenoxy) is 1. The lowest BCUT2D eigenvalue weighted by molar-refractivity contribution is 0.177. The van der Waals surface area contributed by atoms with Gasteiger partial charge in [-0.2, -0.15) is 0 Å². The average molecular weight is 240 g/mol. The number of unbranched alkanes of at least 4 members (excludes halogenated alkanes) is 5. The molecule has 0 aliphatic carbocycles. The normalized spacial score (nSPS) is 26.8. The van der Waals surface area contributed by atoms with Crippen molar-refractivity contribution in [2.75, 3.05) is 0 Å². The van der Waals surface area contributed by atoms with Crippen LogP contribution in [0.2, 0.25) is 0 Å². The van der Waals surface area contributed by atoms with Crippen LogP contribution >= 0.6 is 0 Å². The van der Waals surface area contributed by atoms with E-state index in [9.17, 15) is 0 Å². The van der Waals surface area contributed by atoms with Crippen molar-refractivity contribution in [3.8, 4) is 0 Å². The van der Waals surface area contributed by atoms with Gasteiger partial charge in [0, 0.05) is 0 Å². The molecule has 1 heterocycles. The van der Waals surface area contributed by atoms with Gasteiger partial charge < -0.3 is 4.74 Å². The molecule has 1 nitrogen and oxygen atoms in total. The molecule has 0 aromatic rings. The summed E-state index contributed by atoms with van der Waals surface area (Å²) in [5, 5.41) is 0. The Bertz CT molecular complexity index is 202. The van der Waals surface area contributed by atoms with E-state index in [1.54, 1.807) is 0 Å². The molecular formula is C16H32O. The zero-order valence-corrected chi connectivity index (χ0v) is 12.4. The highest BCUT2D eigenvalue weighted by Crippen LogP contribution is 2.45. The number of hydrogen-bond donors (Lipinski definition) is 0. The van der Waals surface area contributed by atoms with E-state index >= 15 is 0 Å². The summed E-state index contributed by atoms with van der Waals surface area (Å²) in [5.41, 5.74) is 0.461. The maximum Gasteiger partial charge on any atom is 0.0892 e. The number of hydrogen-bond acceptors (Lipinski definition) is 1. The Hall–Kier alpha value is -0.0400. The van der Waals surface area contributed by atoms with Crippen LogP contribution in [0.15, 0.2) is 0 Å². The molecule has 1 rings (SSSR count). The minimum Gasteiger partial charge on any atom is -0.369 e. The molecule has 0 amide bonds. The molecule has 1 fully saturated rings. The van der Waals surface area contributed by atoms with Gasteiger partial charge in [0.25, 0.3) is 0 Å². The van der Waals surface area contributed by atoms with Crippen LogP contribution < -0.4 is 0 Å². The largest absolute Gasteiger partial charge is 0.369 e. The molecule has 0 N–H and O–H groups in total. The van der Waals surface area contributed by atoms with E-state index in [4.69, 9.17) is 4.74 Å². The maximum atomic E-state index is 5.77. The van der Waals surface area contributed by atoms with Gasteiger partial charge in [0.15, 0.2) is 0 Å². The van der Waals surface area contributed by atoms with E-state index < -0.39 is 0 Å². The third-order valence-electron chi connectivity index (χ3n) is 4.35. The van der Waals surface area contributed by atoms with Crippen molar-refractivity contribution in [2.24, 2.45) is 5.41 Å². The third-order valence-corrected chi connectivity index (χ3v) is 4.35. The Morgan fingerprint density at radius 2 is 1.35 bits per heavy atom. The van der Waals surface area contributed by atoms with Crippen LogP contribution in [0.5, 0.6) is 0 Å². The minimum atomic E-state index is 0.461. The van der Waals surface area contributed by atoms with E-state index in [-0.39, 0.29) is 0 Å². The van der Waals surface area contributed by atoms with Crippen LogP contribution in [0.4, 0.5) is 0 Å². The number of epoxide rings is 1. The topological polar surface area (TPSA) is 12.5 Å². The van der Waals surface area contributed by atoms with Crippen LogP contribution in [0.1, 0.15) is 85.5 Å². The fraction of sp³-hybridized carbons (Fsp3) is 1.00. The fourth-order valence-electron chi connectivity index (χ4n) is 3.06. The molecule has 0 spiro atoms. The van der Waals surface area contributed by atoms with Crippen molar-refractivity contribution >= 4 is 0 Å². The van der Waals surface area contributed by atoms with Crippen molar-refractivity contribution in [1.29, 1.82) is 0 Å². The van der Waals surface area contributed by atoms with E-state index in [1.165, 1.54) is 57.8 Å². The highest BCUT2D eigenvalue weighted by atomic mass is 16.6. The Labute approximate surface area is 108 Å². The van der Waals surface area contributed by atoms with E-state index in [1.807, 2.05) is 0 Å². The lowest BCUT2D eigenvalue weighted by Gasteiger charge is -2.28. The first kappa shape index (κ1) is 15.0. The monoisotopic (exact) mass is 240 g/mol. The van der Waals surface area contributed by atoms with Crippen molar-refractivity contribution < 1.29 is 4.74 Å². The highest BCUT2D eigenvalue weighted by Gasteiger charge is 2.48. The molecule has 0 saturated carbocycles. The van der Waals surface area contributed by atoms with Gasteiger partial charge in [-0.1, -0.05) is 65.7 Å². The molecule has 3 unspecified atom stereocenters. The second kappa shape index (κ2) is 7.41. The summed E-state index contributed by atoms with van der Waals surface area (Å²) in [4.78, 5) is 0. The highest BCUT2D eigenvalue weighted by molar-refractivity contribution is 4.95. The van der Waals surface area contributed by atoms with Crippen molar-refractivity contribution in [3.05, 3.63) is 0 Å². The molecule has 1 saturated heterocycles. The lowest BCUT2D eigenvalue weighted by Crippen LogP contribution is -2.25. The summed E-state index contributed by atoms with van der Waals surface area (Å²) >= 11 is 0. The Morgan fingerprint density at radius 1 is 0.882 bits per heavy atom. The van der Waals surface area contributed by atoms with Crippen molar-refractivity contribution in [2.45, 2.75) is 97.7 Å². The Kier molecular flexibility index (Phi) is 6.54. The minimum absolute atomic E-state index is 0.461. The molecular weight excluding hydrogens is 208 g/mol. The van der Waals surface area contributed by atoms with Crippen molar-refractivity contribution in [1.82, 2.24) is 0 Å². The zero-order valence-electron chi connectivity index (χ0n) is 12.4. The first-order valence-electron chi connectivity index (χ1n) is 7.79. The summed E-state index contributed by atoms with van der Waals surface area (Å²) in [6.45, 7) is 9.26. The second-order valence-electron chi connectivity index (χ2n) is 6.18. The lowest BCUT2D eigenvalue weighted by atomic mass is 9.76. The van der Waals surface area contributed by atoms with Crippen LogP contribution in [-0.2, 0) is 4.74 Å². The fourth-order valence-corrected chi connectivity index (χ4v) is 3.06. The van der Waals surface area contributed by atoms with Gasteiger partial charge in [-0.25, -0.2) is 0 Å². The van der Waals surface area contributed by atoms with Gasteiger partial charge in [0.2, 0.25) is 0 Å². The molecule has 102 valence electrons. The quantitative estimate of drug-likeness (QED) is 0.371. The molecule has 1 aliphatic rings. The average Bonchev–Trinajstić information content (AvgIpc) is 3.03. The molecule has 0 bridgehead atoms. The molecule has 17 heavy (non-hydrogen) atoms. The molecule has 0 aromatic carbocycles. The van der Waals surface area contributed by atoms with Crippen LogP contribution in [-0.4, -0.2) is 12.2 Å². The SMILES string of the molecule is CCCCCCC(C)(CCCCC)C1OC1C. The summed E-state index contributed by atoms with van der Waals surface area (Å²) in [6, 6.07) is 0. The summed E-state index contributed by atoms with van der Waals surface area (Å²) in [5.74, 6) is 0. The molecule has 1 aliphatic heterocycles. The summed E-state index contributed by atoms with van der Waals surface area (Å²) in [6.07, 6.45) is 13.4. The Balaban J connectivity index is 2.31.